The average Bonchev–Trinajstić information content (AvgIpc) is 2.34. The van der Waals surface area contributed by atoms with Crippen LogP contribution in [-0.2, 0) is 0 Å². The largest absolute Gasteiger partial charge is 0.396 e. The third kappa shape index (κ3) is 5.53. The summed E-state index contributed by atoms with van der Waals surface area (Å²) in [6.07, 6.45) is 0.811. The SMILES string of the molecule is CC(C)N(CC#Cc1ccccc1)CCCO. The van der Waals surface area contributed by atoms with Crippen LogP contribution in [0, 0.1) is 11.8 Å². The summed E-state index contributed by atoms with van der Waals surface area (Å²) in [5.41, 5.74) is 1.05. The molecule has 17 heavy (non-hydrogen) atoms. The minimum atomic E-state index is 0.245. The molecule has 0 heterocycles. The first-order valence-electron chi connectivity index (χ1n) is 6.13. The van der Waals surface area contributed by atoms with E-state index in [1.54, 1.807) is 0 Å². The van der Waals surface area contributed by atoms with Crippen molar-refractivity contribution in [2.75, 3.05) is 19.7 Å². The molecular weight excluding hydrogens is 210 g/mol. The van der Waals surface area contributed by atoms with Crippen molar-refractivity contribution < 1.29 is 5.11 Å². The molecule has 1 N–H and O–H groups in total. The zero-order valence-corrected chi connectivity index (χ0v) is 10.7. The van der Waals surface area contributed by atoms with Crippen molar-refractivity contribution in [3.05, 3.63) is 35.9 Å². The van der Waals surface area contributed by atoms with Crippen molar-refractivity contribution in [1.82, 2.24) is 4.90 Å². The fourth-order valence-corrected chi connectivity index (χ4v) is 1.56. The predicted molar refractivity (Wildman–Crippen MR) is 71.7 cm³/mol. The van der Waals surface area contributed by atoms with Crippen molar-refractivity contribution in [2.24, 2.45) is 0 Å². The molecule has 0 atom stereocenters. The van der Waals surface area contributed by atoms with E-state index in [-0.39, 0.29) is 6.61 Å². The first-order chi connectivity index (χ1) is 8.24. The molecule has 0 radical (unpaired) electrons. The molecule has 1 aromatic rings. The van der Waals surface area contributed by atoms with Crippen molar-refractivity contribution in [3.63, 3.8) is 0 Å². The second-order valence-corrected chi connectivity index (χ2v) is 4.31. The zero-order valence-electron chi connectivity index (χ0n) is 10.7. The van der Waals surface area contributed by atoms with Gasteiger partial charge in [-0.1, -0.05) is 30.0 Å². The molecule has 0 fully saturated rings. The van der Waals surface area contributed by atoms with Crippen LogP contribution in [0.4, 0.5) is 0 Å². The van der Waals surface area contributed by atoms with Gasteiger partial charge in [0, 0.05) is 24.8 Å². The minimum Gasteiger partial charge on any atom is -0.396 e. The highest BCUT2D eigenvalue weighted by Crippen LogP contribution is 1.99. The van der Waals surface area contributed by atoms with E-state index in [1.807, 2.05) is 30.3 Å². The Balaban J connectivity index is 2.49. The highest BCUT2D eigenvalue weighted by Gasteiger charge is 2.06. The van der Waals surface area contributed by atoms with E-state index >= 15 is 0 Å². The molecule has 0 unspecified atom stereocenters. The van der Waals surface area contributed by atoms with Gasteiger partial charge in [-0.3, -0.25) is 4.90 Å². The molecule has 0 aliphatic carbocycles. The van der Waals surface area contributed by atoms with E-state index in [4.69, 9.17) is 5.11 Å². The van der Waals surface area contributed by atoms with E-state index in [1.165, 1.54) is 0 Å². The summed E-state index contributed by atoms with van der Waals surface area (Å²) in [5.74, 6) is 6.34. The Morgan fingerprint density at radius 2 is 1.94 bits per heavy atom. The van der Waals surface area contributed by atoms with E-state index in [0.29, 0.717) is 6.04 Å². The molecule has 1 rings (SSSR count). The van der Waals surface area contributed by atoms with Gasteiger partial charge in [0.15, 0.2) is 0 Å². The number of aliphatic hydroxyl groups is 1. The lowest BCUT2D eigenvalue weighted by atomic mass is 10.2. The lowest BCUT2D eigenvalue weighted by Gasteiger charge is -2.23. The normalized spacial score (nSPS) is 10.4. The molecule has 0 amide bonds. The van der Waals surface area contributed by atoms with E-state index < -0.39 is 0 Å². The highest BCUT2D eigenvalue weighted by atomic mass is 16.3. The maximum Gasteiger partial charge on any atom is 0.0607 e. The molecule has 0 bridgehead atoms. The topological polar surface area (TPSA) is 23.5 Å². The van der Waals surface area contributed by atoms with Gasteiger partial charge in [0.25, 0.3) is 0 Å². The number of nitrogens with zero attached hydrogens (tertiary/aromatic N) is 1. The van der Waals surface area contributed by atoms with E-state index in [2.05, 4.69) is 30.6 Å². The van der Waals surface area contributed by atoms with Crippen LogP contribution < -0.4 is 0 Å². The Bertz CT molecular complexity index is 362. The van der Waals surface area contributed by atoms with Gasteiger partial charge in [-0.15, -0.1) is 0 Å². The molecule has 1 aromatic carbocycles. The minimum absolute atomic E-state index is 0.245. The second kappa shape index (κ2) is 7.89. The van der Waals surface area contributed by atoms with Crippen molar-refractivity contribution in [2.45, 2.75) is 26.3 Å². The second-order valence-electron chi connectivity index (χ2n) is 4.31. The van der Waals surface area contributed by atoms with E-state index in [0.717, 1.165) is 25.1 Å². The summed E-state index contributed by atoms with van der Waals surface area (Å²) in [6.45, 7) is 6.21. The summed E-state index contributed by atoms with van der Waals surface area (Å²) in [7, 11) is 0. The van der Waals surface area contributed by atoms with Gasteiger partial charge in [0.05, 0.1) is 6.54 Å². The van der Waals surface area contributed by atoms with Gasteiger partial charge in [0.2, 0.25) is 0 Å². The quantitative estimate of drug-likeness (QED) is 0.785. The van der Waals surface area contributed by atoms with Crippen molar-refractivity contribution >= 4 is 0 Å². The van der Waals surface area contributed by atoms with Crippen LogP contribution in [0.3, 0.4) is 0 Å². The number of rotatable bonds is 5. The third-order valence-corrected chi connectivity index (χ3v) is 2.62. The van der Waals surface area contributed by atoms with Crippen LogP contribution in [0.1, 0.15) is 25.8 Å². The standard InChI is InChI=1S/C15H21NO/c1-14(2)16(12-7-13-17)11-6-10-15-8-4-3-5-9-15/h3-5,8-9,14,17H,7,11-13H2,1-2H3. The van der Waals surface area contributed by atoms with Gasteiger partial charge < -0.3 is 5.11 Å². The smallest absolute Gasteiger partial charge is 0.0607 e. The maximum absolute atomic E-state index is 8.84. The van der Waals surface area contributed by atoms with Gasteiger partial charge in [-0.2, -0.15) is 0 Å². The summed E-state index contributed by atoms with van der Waals surface area (Å²) in [4.78, 5) is 2.27. The first-order valence-corrected chi connectivity index (χ1v) is 6.13. The Hall–Kier alpha value is -1.30. The number of aliphatic hydroxyl groups excluding tert-OH is 1. The Morgan fingerprint density at radius 1 is 1.24 bits per heavy atom. The summed E-state index contributed by atoms with van der Waals surface area (Å²) in [5, 5.41) is 8.84. The van der Waals surface area contributed by atoms with Crippen LogP contribution in [0.25, 0.3) is 0 Å². The number of hydrogen-bond acceptors (Lipinski definition) is 2. The summed E-state index contributed by atoms with van der Waals surface area (Å²) < 4.78 is 0. The van der Waals surface area contributed by atoms with Crippen LogP contribution in [-0.4, -0.2) is 35.7 Å². The number of hydrogen-bond donors (Lipinski definition) is 1. The van der Waals surface area contributed by atoms with Crippen LogP contribution in [0.5, 0.6) is 0 Å². The molecule has 92 valence electrons. The zero-order chi connectivity index (χ0) is 12.5. The van der Waals surface area contributed by atoms with Crippen LogP contribution in [0.15, 0.2) is 30.3 Å². The molecule has 2 nitrogen and oxygen atoms in total. The van der Waals surface area contributed by atoms with Crippen molar-refractivity contribution in [1.29, 1.82) is 0 Å². The average molecular weight is 231 g/mol. The molecule has 0 saturated heterocycles. The Morgan fingerprint density at radius 3 is 2.53 bits per heavy atom. The molecule has 0 aromatic heterocycles. The fourth-order valence-electron chi connectivity index (χ4n) is 1.56. The number of benzene rings is 1. The predicted octanol–water partition coefficient (Wildman–Crippen LogP) is 2.13. The van der Waals surface area contributed by atoms with Gasteiger partial charge in [-0.05, 0) is 32.4 Å². The van der Waals surface area contributed by atoms with Gasteiger partial charge >= 0.3 is 0 Å². The Kier molecular flexibility index (Phi) is 6.39. The van der Waals surface area contributed by atoms with Gasteiger partial charge in [-0.25, -0.2) is 0 Å². The van der Waals surface area contributed by atoms with E-state index in [9.17, 15) is 0 Å². The molecule has 0 aliphatic rings. The lowest BCUT2D eigenvalue weighted by molar-refractivity contribution is 0.210. The Labute approximate surface area is 104 Å². The molecule has 0 spiro atoms. The fraction of sp³-hybridized carbons (Fsp3) is 0.467. The monoisotopic (exact) mass is 231 g/mol. The third-order valence-electron chi connectivity index (χ3n) is 2.62. The van der Waals surface area contributed by atoms with Crippen molar-refractivity contribution in [3.8, 4) is 11.8 Å². The molecule has 0 aliphatic heterocycles. The van der Waals surface area contributed by atoms with Crippen LogP contribution in [0.2, 0.25) is 0 Å². The molecule has 2 heteroatoms. The first kappa shape index (κ1) is 13.8. The maximum atomic E-state index is 8.84. The van der Waals surface area contributed by atoms with Gasteiger partial charge in [0.1, 0.15) is 0 Å². The molecule has 0 saturated carbocycles. The summed E-state index contributed by atoms with van der Waals surface area (Å²) in [6, 6.07) is 10.5. The molecular formula is C15H21NO. The summed E-state index contributed by atoms with van der Waals surface area (Å²) >= 11 is 0. The van der Waals surface area contributed by atoms with Crippen LogP contribution >= 0.6 is 0 Å². The highest BCUT2D eigenvalue weighted by molar-refractivity contribution is 5.33. The lowest BCUT2D eigenvalue weighted by Crippen LogP contribution is -2.32.